The van der Waals surface area contributed by atoms with Gasteiger partial charge in [0.05, 0.1) is 16.8 Å². The van der Waals surface area contributed by atoms with Crippen molar-refractivity contribution in [3.63, 3.8) is 0 Å². The fourth-order valence-corrected chi connectivity index (χ4v) is 2.85. The zero-order chi connectivity index (χ0) is 20.4. The number of nitrogens with one attached hydrogen (secondary N) is 2. The molecule has 148 valence electrons. The molecular formula is C19H17FN6O3. The Balaban J connectivity index is 1.61. The van der Waals surface area contributed by atoms with Gasteiger partial charge in [-0.3, -0.25) is 10.1 Å². The van der Waals surface area contributed by atoms with Crippen LogP contribution in [0.25, 0.3) is 16.9 Å². The summed E-state index contributed by atoms with van der Waals surface area (Å²) in [5.41, 5.74) is 1.08. The molecule has 1 aromatic heterocycles. The van der Waals surface area contributed by atoms with Crippen molar-refractivity contribution >= 4 is 5.69 Å². The summed E-state index contributed by atoms with van der Waals surface area (Å²) in [5.74, 6) is -0.225. The summed E-state index contributed by atoms with van der Waals surface area (Å²) in [7, 11) is 0. The number of nitrogens with zero attached hydrogens (tertiary/aromatic N) is 4. The summed E-state index contributed by atoms with van der Waals surface area (Å²) in [6.45, 7) is 2.03. The van der Waals surface area contributed by atoms with E-state index in [1.807, 2.05) is 6.92 Å². The first-order valence-corrected chi connectivity index (χ1v) is 8.74. The van der Waals surface area contributed by atoms with Gasteiger partial charge in [0.2, 0.25) is 0 Å². The Morgan fingerprint density at radius 1 is 1.21 bits per heavy atom. The highest BCUT2D eigenvalue weighted by molar-refractivity contribution is 5.59. The zero-order valence-corrected chi connectivity index (χ0v) is 15.4. The van der Waals surface area contributed by atoms with Crippen LogP contribution in [0.3, 0.4) is 0 Å². The predicted molar refractivity (Wildman–Crippen MR) is 103 cm³/mol. The molecule has 10 heteroatoms. The maximum atomic E-state index is 13.1. The molecule has 0 fully saturated rings. The van der Waals surface area contributed by atoms with Crippen molar-refractivity contribution in [3.05, 3.63) is 77.0 Å². The van der Waals surface area contributed by atoms with Gasteiger partial charge < -0.3 is 15.4 Å². The lowest BCUT2D eigenvalue weighted by atomic mass is 10.2. The summed E-state index contributed by atoms with van der Waals surface area (Å²) < 4.78 is 20.3. The van der Waals surface area contributed by atoms with Crippen LogP contribution in [0.1, 0.15) is 6.92 Å². The Morgan fingerprint density at radius 2 is 1.93 bits per heavy atom. The van der Waals surface area contributed by atoms with E-state index in [4.69, 9.17) is 4.74 Å². The molecule has 0 saturated carbocycles. The number of ether oxygens (including phenoxy) is 1. The Kier molecular flexibility index (Phi) is 4.59. The molecule has 2 N–H and O–H groups in total. The second-order valence-electron chi connectivity index (χ2n) is 6.71. The minimum atomic E-state index is -0.563. The summed E-state index contributed by atoms with van der Waals surface area (Å²) in [6, 6.07) is 10.3. The van der Waals surface area contributed by atoms with Gasteiger partial charge in [-0.2, -0.15) is 0 Å². The van der Waals surface area contributed by atoms with Crippen LogP contribution in [-0.4, -0.2) is 32.2 Å². The van der Waals surface area contributed by atoms with Crippen molar-refractivity contribution in [2.45, 2.75) is 12.6 Å². The SMILES string of the molecule is CC1(COc2cc(-n3cc(-c4ccc(F)cc4)nn3)ccc2[N+](=O)[O-])NC=CN1. The number of nitro groups is 1. The van der Waals surface area contributed by atoms with Crippen LogP contribution < -0.4 is 15.4 Å². The van der Waals surface area contributed by atoms with Crippen molar-refractivity contribution in [1.82, 2.24) is 25.6 Å². The number of benzene rings is 2. The van der Waals surface area contributed by atoms with Crippen LogP contribution >= 0.6 is 0 Å². The smallest absolute Gasteiger partial charge is 0.311 e. The third-order valence-electron chi connectivity index (χ3n) is 4.44. The highest BCUT2D eigenvalue weighted by Crippen LogP contribution is 2.30. The summed E-state index contributed by atoms with van der Waals surface area (Å²) in [6.07, 6.45) is 5.13. The summed E-state index contributed by atoms with van der Waals surface area (Å²) >= 11 is 0. The third-order valence-corrected chi connectivity index (χ3v) is 4.44. The number of aromatic nitrogens is 3. The van der Waals surface area contributed by atoms with E-state index < -0.39 is 10.6 Å². The van der Waals surface area contributed by atoms with Crippen molar-refractivity contribution in [2.75, 3.05) is 6.61 Å². The Bertz CT molecular complexity index is 1070. The molecule has 0 saturated heterocycles. The fraction of sp³-hybridized carbons (Fsp3) is 0.158. The van der Waals surface area contributed by atoms with Gasteiger partial charge >= 0.3 is 5.69 Å². The molecule has 0 bridgehead atoms. The van der Waals surface area contributed by atoms with E-state index in [2.05, 4.69) is 20.9 Å². The van der Waals surface area contributed by atoms with E-state index in [0.29, 0.717) is 16.9 Å². The Morgan fingerprint density at radius 3 is 2.62 bits per heavy atom. The lowest BCUT2D eigenvalue weighted by Crippen LogP contribution is -2.50. The highest BCUT2D eigenvalue weighted by Gasteiger charge is 2.27. The van der Waals surface area contributed by atoms with Gasteiger partial charge in [-0.25, -0.2) is 9.07 Å². The van der Waals surface area contributed by atoms with Crippen molar-refractivity contribution in [1.29, 1.82) is 0 Å². The molecule has 9 nitrogen and oxygen atoms in total. The molecular weight excluding hydrogens is 379 g/mol. The lowest BCUT2D eigenvalue weighted by molar-refractivity contribution is -0.385. The van der Waals surface area contributed by atoms with E-state index in [9.17, 15) is 14.5 Å². The van der Waals surface area contributed by atoms with Gasteiger partial charge in [-0.1, -0.05) is 5.21 Å². The minimum absolute atomic E-state index is 0.114. The molecule has 29 heavy (non-hydrogen) atoms. The number of rotatable bonds is 6. The van der Waals surface area contributed by atoms with Gasteiger partial charge in [-0.15, -0.1) is 5.10 Å². The molecule has 3 aromatic rings. The molecule has 1 aliphatic heterocycles. The fourth-order valence-electron chi connectivity index (χ4n) is 2.85. The maximum Gasteiger partial charge on any atom is 0.311 e. The van der Waals surface area contributed by atoms with E-state index in [-0.39, 0.29) is 23.9 Å². The molecule has 2 aromatic carbocycles. The van der Waals surface area contributed by atoms with Crippen LogP contribution in [0.2, 0.25) is 0 Å². The monoisotopic (exact) mass is 396 g/mol. The van der Waals surface area contributed by atoms with Crippen molar-refractivity contribution in [3.8, 4) is 22.7 Å². The molecule has 1 aliphatic rings. The molecule has 0 radical (unpaired) electrons. The zero-order valence-electron chi connectivity index (χ0n) is 15.4. The van der Waals surface area contributed by atoms with E-state index in [1.165, 1.54) is 28.9 Å². The van der Waals surface area contributed by atoms with Crippen LogP contribution in [0.5, 0.6) is 5.75 Å². The van der Waals surface area contributed by atoms with Crippen molar-refractivity contribution < 1.29 is 14.1 Å². The van der Waals surface area contributed by atoms with Gasteiger partial charge in [0.15, 0.2) is 5.75 Å². The molecule has 0 atom stereocenters. The van der Waals surface area contributed by atoms with Gasteiger partial charge in [0.25, 0.3) is 0 Å². The lowest BCUT2D eigenvalue weighted by Gasteiger charge is -2.25. The maximum absolute atomic E-state index is 13.1. The first-order valence-electron chi connectivity index (χ1n) is 8.74. The van der Waals surface area contributed by atoms with E-state index in [1.54, 1.807) is 36.8 Å². The Labute approximate surface area is 165 Å². The second-order valence-corrected chi connectivity index (χ2v) is 6.71. The number of halogens is 1. The van der Waals surface area contributed by atoms with Crippen molar-refractivity contribution in [2.24, 2.45) is 0 Å². The van der Waals surface area contributed by atoms with Crippen LogP contribution in [-0.2, 0) is 0 Å². The van der Waals surface area contributed by atoms with Gasteiger partial charge in [-0.05, 0) is 37.3 Å². The van der Waals surface area contributed by atoms with E-state index in [0.717, 1.165) is 0 Å². The average molecular weight is 396 g/mol. The second kappa shape index (κ2) is 7.23. The Hall–Kier alpha value is -3.95. The molecule has 2 heterocycles. The topological polar surface area (TPSA) is 107 Å². The first-order chi connectivity index (χ1) is 13.9. The third kappa shape index (κ3) is 3.86. The van der Waals surface area contributed by atoms with Gasteiger partial charge in [0.1, 0.15) is 23.8 Å². The number of hydrogen-bond donors (Lipinski definition) is 2. The van der Waals surface area contributed by atoms with Gasteiger partial charge in [0, 0.05) is 30.1 Å². The normalized spacial score (nSPS) is 14.3. The largest absolute Gasteiger partial charge is 0.482 e. The summed E-state index contributed by atoms with van der Waals surface area (Å²) in [4.78, 5) is 10.9. The first kappa shape index (κ1) is 18.4. The van der Waals surface area contributed by atoms with E-state index >= 15 is 0 Å². The van der Waals surface area contributed by atoms with Crippen LogP contribution in [0.4, 0.5) is 10.1 Å². The molecule has 0 spiro atoms. The number of hydrogen-bond acceptors (Lipinski definition) is 7. The summed E-state index contributed by atoms with van der Waals surface area (Å²) in [5, 5.41) is 25.7. The molecule has 0 aliphatic carbocycles. The number of nitro benzene ring substituents is 1. The van der Waals surface area contributed by atoms with Crippen LogP contribution in [0, 0.1) is 15.9 Å². The molecule has 0 amide bonds. The predicted octanol–water partition coefficient (Wildman–Crippen LogP) is 2.74. The minimum Gasteiger partial charge on any atom is -0.482 e. The highest BCUT2D eigenvalue weighted by atomic mass is 19.1. The quantitative estimate of drug-likeness (QED) is 0.487. The van der Waals surface area contributed by atoms with Crippen LogP contribution in [0.15, 0.2) is 61.1 Å². The molecule has 4 rings (SSSR count). The molecule has 0 unspecified atom stereocenters. The standard InChI is InChI=1S/C19H17FN6O3/c1-19(21-8-9-22-19)12-29-18-10-15(6-7-17(18)26(27)28)25-11-16(23-24-25)13-2-4-14(20)5-3-13/h2-11,21-22H,12H2,1H3. The average Bonchev–Trinajstić information content (AvgIpc) is 3.37.